The Kier molecular flexibility index (Phi) is 6.86. The molecule has 2 heterocycles. The first-order chi connectivity index (χ1) is 14.0. The van der Waals surface area contributed by atoms with Crippen molar-refractivity contribution in [2.24, 2.45) is 5.92 Å². The molecule has 0 unspecified atom stereocenters. The molecule has 1 N–H and O–H groups in total. The zero-order valence-corrected chi connectivity index (χ0v) is 17.5. The highest BCUT2D eigenvalue weighted by molar-refractivity contribution is 5.97. The van der Waals surface area contributed by atoms with Crippen molar-refractivity contribution in [3.05, 3.63) is 59.8 Å². The Hall–Kier alpha value is -2.89. The van der Waals surface area contributed by atoms with E-state index in [-0.39, 0.29) is 17.7 Å². The van der Waals surface area contributed by atoms with Gasteiger partial charge in [-0.15, -0.1) is 0 Å². The van der Waals surface area contributed by atoms with Crippen molar-refractivity contribution in [2.45, 2.75) is 33.2 Å². The van der Waals surface area contributed by atoms with E-state index < -0.39 is 6.04 Å². The average Bonchev–Trinajstić information content (AvgIpc) is 2.98. The molecule has 2 aromatic rings. The number of pyridine rings is 1. The van der Waals surface area contributed by atoms with Gasteiger partial charge in [-0.05, 0) is 43.5 Å². The number of hydrogen-bond acceptors (Lipinski definition) is 4. The van der Waals surface area contributed by atoms with Gasteiger partial charge in [0.25, 0.3) is 5.91 Å². The smallest absolute Gasteiger partial charge is 0.251 e. The molecule has 0 aliphatic carbocycles. The number of hydrogen-bond donors (Lipinski definition) is 1. The number of carbonyl (C=O) groups excluding carboxylic acids is 2. The number of aryl methyl sites for hydroxylation is 1. The summed E-state index contributed by atoms with van der Waals surface area (Å²) in [5.74, 6) is 0.729. The molecule has 0 spiro atoms. The molecule has 1 aromatic carbocycles. The van der Waals surface area contributed by atoms with Gasteiger partial charge in [-0.3, -0.25) is 9.59 Å². The van der Waals surface area contributed by atoms with Crippen LogP contribution in [0.1, 0.15) is 36.2 Å². The third-order valence-electron chi connectivity index (χ3n) is 5.31. The predicted octanol–water partition coefficient (Wildman–Crippen LogP) is 2.88. The van der Waals surface area contributed by atoms with E-state index >= 15 is 0 Å². The van der Waals surface area contributed by atoms with Gasteiger partial charge in [-0.25, -0.2) is 4.98 Å². The van der Waals surface area contributed by atoms with Gasteiger partial charge in [0.2, 0.25) is 5.91 Å². The molecule has 0 bridgehead atoms. The molecule has 1 saturated heterocycles. The van der Waals surface area contributed by atoms with Crippen LogP contribution in [0.25, 0.3) is 0 Å². The van der Waals surface area contributed by atoms with E-state index in [4.69, 9.17) is 0 Å². The van der Waals surface area contributed by atoms with Crippen molar-refractivity contribution in [1.82, 2.24) is 15.2 Å². The lowest BCUT2D eigenvalue weighted by atomic mass is 10.0. The second-order valence-corrected chi connectivity index (χ2v) is 7.91. The first-order valence-corrected chi connectivity index (χ1v) is 10.3. The molecule has 1 fully saturated rings. The largest absolute Gasteiger partial charge is 0.355 e. The summed E-state index contributed by atoms with van der Waals surface area (Å²) in [6.45, 7) is 8.83. The van der Waals surface area contributed by atoms with Gasteiger partial charge in [0.1, 0.15) is 11.9 Å². The Bertz CT molecular complexity index is 821. The highest BCUT2D eigenvalue weighted by Crippen LogP contribution is 2.15. The summed E-state index contributed by atoms with van der Waals surface area (Å²) in [4.78, 5) is 34.4. The lowest BCUT2D eigenvalue weighted by Crippen LogP contribution is -2.52. The Morgan fingerprint density at radius 1 is 1.00 bits per heavy atom. The number of benzene rings is 1. The highest BCUT2D eigenvalue weighted by atomic mass is 16.2. The maximum Gasteiger partial charge on any atom is 0.251 e. The quantitative estimate of drug-likeness (QED) is 0.847. The van der Waals surface area contributed by atoms with Gasteiger partial charge in [0.15, 0.2) is 0 Å². The fourth-order valence-electron chi connectivity index (χ4n) is 3.55. The molecule has 6 heteroatoms. The van der Waals surface area contributed by atoms with E-state index in [1.807, 2.05) is 56.0 Å². The van der Waals surface area contributed by atoms with Crippen molar-refractivity contribution in [3.8, 4) is 0 Å². The van der Waals surface area contributed by atoms with Crippen LogP contribution in [0.4, 0.5) is 5.82 Å². The van der Waals surface area contributed by atoms with Gasteiger partial charge in [0, 0.05) is 37.9 Å². The molecule has 1 aromatic heterocycles. The Morgan fingerprint density at radius 2 is 1.76 bits per heavy atom. The van der Waals surface area contributed by atoms with Crippen LogP contribution >= 0.6 is 0 Å². The summed E-state index contributed by atoms with van der Waals surface area (Å²) < 4.78 is 0. The molecular weight excluding hydrogens is 364 g/mol. The van der Waals surface area contributed by atoms with Gasteiger partial charge < -0.3 is 15.1 Å². The zero-order valence-electron chi connectivity index (χ0n) is 17.5. The average molecular weight is 395 g/mol. The van der Waals surface area contributed by atoms with Crippen LogP contribution < -0.4 is 10.2 Å². The Labute approximate surface area is 172 Å². The van der Waals surface area contributed by atoms with Crippen LogP contribution in [0, 0.1) is 12.8 Å². The van der Waals surface area contributed by atoms with Gasteiger partial charge in [0.05, 0.1) is 0 Å². The number of amides is 2. The van der Waals surface area contributed by atoms with Crippen LogP contribution in [-0.2, 0) is 4.79 Å². The molecule has 6 nitrogen and oxygen atoms in total. The van der Waals surface area contributed by atoms with Crippen LogP contribution in [0.15, 0.2) is 48.7 Å². The van der Waals surface area contributed by atoms with E-state index in [0.717, 1.165) is 30.9 Å². The monoisotopic (exact) mass is 394 g/mol. The SMILES string of the molecule is Cc1ccc(C(=O)N[C@H](C(=O)N2CCCN(c3ccccn3)CC2)C(C)C)cc1. The first kappa shape index (κ1) is 20.8. The van der Waals surface area contributed by atoms with E-state index in [1.165, 1.54) is 0 Å². The molecule has 0 saturated carbocycles. The zero-order chi connectivity index (χ0) is 20.8. The standard InChI is InChI=1S/C23H30N4O2/c1-17(2)21(25-22(28)19-10-8-18(3)9-11-19)23(29)27-14-6-13-26(15-16-27)20-7-4-5-12-24-20/h4-5,7-12,17,21H,6,13-16H2,1-3H3,(H,25,28)/t21-/m0/s1. The minimum Gasteiger partial charge on any atom is -0.355 e. The van der Waals surface area contributed by atoms with Crippen molar-refractivity contribution >= 4 is 17.6 Å². The maximum absolute atomic E-state index is 13.2. The fourth-order valence-corrected chi connectivity index (χ4v) is 3.55. The number of rotatable bonds is 5. The molecule has 0 radical (unpaired) electrons. The molecule has 154 valence electrons. The molecule has 3 rings (SSSR count). The van der Waals surface area contributed by atoms with Gasteiger partial charge >= 0.3 is 0 Å². The van der Waals surface area contributed by atoms with Crippen LogP contribution in [0.3, 0.4) is 0 Å². The molecule has 1 aliphatic heterocycles. The van der Waals surface area contributed by atoms with Crippen molar-refractivity contribution in [1.29, 1.82) is 0 Å². The van der Waals surface area contributed by atoms with Crippen molar-refractivity contribution in [3.63, 3.8) is 0 Å². The lowest BCUT2D eigenvalue weighted by molar-refractivity contribution is -0.134. The molecule has 29 heavy (non-hydrogen) atoms. The fraction of sp³-hybridized carbons (Fsp3) is 0.435. The second-order valence-electron chi connectivity index (χ2n) is 7.91. The molecule has 1 atom stereocenters. The summed E-state index contributed by atoms with van der Waals surface area (Å²) in [6, 6.07) is 12.7. The first-order valence-electron chi connectivity index (χ1n) is 10.3. The molecular formula is C23H30N4O2. The minimum absolute atomic E-state index is 0.00652. The topological polar surface area (TPSA) is 65.5 Å². The van der Waals surface area contributed by atoms with E-state index in [0.29, 0.717) is 18.7 Å². The third kappa shape index (κ3) is 5.34. The molecule has 1 aliphatic rings. The number of carbonyl (C=O) groups is 2. The number of anilines is 1. The van der Waals surface area contributed by atoms with Crippen LogP contribution in [0.2, 0.25) is 0 Å². The second kappa shape index (κ2) is 9.54. The normalized spacial score (nSPS) is 15.7. The van der Waals surface area contributed by atoms with E-state index in [1.54, 1.807) is 18.3 Å². The Balaban J connectivity index is 1.65. The molecule has 2 amide bonds. The minimum atomic E-state index is -0.537. The lowest BCUT2D eigenvalue weighted by Gasteiger charge is -2.29. The summed E-state index contributed by atoms with van der Waals surface area (Å²) in [6.07, 6.45) is 2.66. The van der Waals surface area contributed by atoms with Crippen LogP contribution in [0.5, 0.6) is 0 Å². The third-order valence-corrected chi connectivity index (χ3v) is 5.31. The van der Waals surface area contributed by atoms with Crippen molar-refractivity contribution in [2.75, 3.05) is 31.1 Å². The van der Waals surface area contributed by atoms with Gasteiger partial charge in [-0.2, -0.15) is 0 Å². The summed E-state index contributed by atoms with van der Waals surface area (Å²) >= 11 is 0. The predicted molar refractivity (Wildman–Crippen MR) is 115 cm³/mol. The van der Waals surface area contributed by atoms with Crippen molar-refractivity contribution < 1.29 is 9.59 Å². The maximum atomic E-state index is 13.2. The van der Waals surface area contributed by atoms with Crippen LogP contribution in [-0.4, -0.2) is 53.9 Å². The highest BCUT2D eigenvalue weighted by Gasteiger charge is 2.30. The van der Waals surface area contributed by atoms with E-state index in [9.17, 15) is 9.59 Å². The summed E-state index contributed by atoms with van der Waals surface area (Å²) in [5, 5.41) is 2.96. The van der Waals surface area contributed by atoms with Gasteiger partial charge in [-0.1, -0.05) is 37.6 Å². The Morgan fingerprint density at radius 3 is 2.41 bits per heavy atom. The van der Waals surface area contributed by atoms with E-state index in [2.05, 4.69) is 15.2 Å². The number of nitrogens with one attached hydrogen (secondary N) is 1. The summed E-state index contributed by atoms with van der Waals surface area (Å²) in [7, 11) is 0. The summed E-state index contributed by atoms with van der Waals surface area (Å²) in [5.41, 5.74) is 1.67. The number of aromatic nitrogens is 1. The number of nitrogens with zero attached hydrogens (tertiary/aromatic N) is 3.